The summed E-state index contributed by atoms with van der Waals surface area (Å²) in [7, 11) is 0. The van der Waals surface area contributed by atoms with Gasteiger partial charge in [-0.3, -0.25) is 9.59 Å². The van der Waals surface area contributed by atoms with Gasteiger partial charge in [-0.1, -0.05) is 96.3 Å². The molecule has 14 nitrogen and oxygen atoms in total. The van der Waals surface area contributed by atoms with Gasteiger partial charge in [-0.2, -0.15) is 11.8 Å². The van der Waals surface area contributed by atoms with E-state index in [1.54, 1.807) is 18.7 Å². The van der Waals surface area contributed by atoms with E-state index in [1.165, 1.54) is 44.9 Å². The van der Waals surface area contributed by atoms with E-state index < -0.39 is 61.5 Å². The zero-order chi connectivity index (χ0) is 54.1. The number of carbonyl (C=O) groups is 3. The molecule has 75 heavy (non-hydrogen) atoms. The van der Waals surface area contributed by atoms with Crippen molar-refractivity contribution in [1.82, 2.24) is 21.3 Å². The summed E-state index contributed by atoms with van der Waals surface area (Å²) in [5, 5.41) is 66.0. The second-order valence-electron chi connectivity index (χ2n) is 17.5. The lowest BCUT2D eigenvalue weighted by molar-refractivity contribution is -0.297. The molecule has 11 atom stereocenters. The van der Waals surface area contributed by atoms with Gasteiger partial charge in [0.2, 0.25) is 5.91 Å². The van der Waals surface area contributed by atoms with Crippen molar-refractivity contribution < 1.29 is 49.4 Å². The number of amides is 4. The first kappa shape index (κ1) is 62.3. The number of urea groups is 1. The van der Waals surface area contributed by atoms with Crippen LogP contribution in [0.1, 0.15) is 123 Å². The fraction of sp³-hybridized carbons (Fsp3) is 0.550. The smallest absolute Gasteiger partial charge is 0.315 e. The van der Waals surface area contributed by atoms with Gasteiger partial charge in [-0.25, -0.2) is 4.79 Å². The van der Waals surface area contributed by atoms with E-state index in [1.807, 2.05) is 0 Å². The molecule has 3 rings (SSSR count). The van der Waals surface area contributed by atoms with Crippen molar-refractivity contribution in [2.45, 2.75) is 189 Å². The van der Waals surface area contributed by atoms with E-state index in [9.17, 15) is 39.9 Å². The van der Waals surface area contributed by atoms with E-state index >= 15 is 0 Å². The van der Waals surface area contributed by atoms with Crippen LogP contribution in [-0.2, 0) is 19.1 Å². The van der Waals surface area contributed by atoms with Gasteiger partial charge in [-0.05, 0) is 121 Å². The molecule has 0 aromatic heterocycles. The topological polar surface area (TPSA) is 219 Å². The van der Waals surface area contributed by atoms with Gasteiger partial charge in [0.1, 0.15) is 30.5 Å². The van der Waals surface area contributed by atoms with E-state index in [4.69, 9.17) is 9.47 Å². The van der Waals surface area contributed by atoms with Crippen molar-refractivity contribution in [3.8, 4) is 142 Å². The Morgan fingerprint density at radius 2 is 1.17 bits per heavy atom. The first-order valence-electron chi connectivity index (χ1n) is 25.4. The zero-order valence-electron chi connectivity index (χ0n) is 42.7. The van der Waals surface area contributed by atoms with Crippen molar-refractivity contribution >= 4 is 29.6 Å². The highest BCUT2D eigenvalue weighted by Crippen LogP contribution is 2.33. The van der Waals surface area contributed by atoms with Crippen LogP contribution < -0.4 is 21.3 Å². The summed E-state index contributed by atoms with van der Waals surface area (Å²) < 4.78 is 11.6. The minimum absolute atomic E-state index is 0.0781. The molecule has 0 aliphatic carbocycles. The number of unbranched alkanes of at least 4 members (excludes halogenated alkanes) is 12. The summed E-state index contributed by atoms with van der Waals surface area (Å²) in [5.41, 5.74) is 0. The van der Waals surface area contributed by atoms with Crippen molar-refractivity contribution in [3.63, 3.8) is 0 Å². The molecule has 4 amide bonds. The number of nitrogens with one attached hydrogen (secondary N) is 4. The maximum Gasteiger partial charge on any atom is 0.315 e. The van der Waals surface area contributed by atoms with Gasteiger partial charge in [0.25, 0.3) is 5.91 Å². The molecule has 0 radical (unpaired) electrons. The number of carbonyl (C=O) groups excluding carboxylic acids is 3. The largest absolute Gasteiger partial charge is 0.390 e. The quantitative estimate of drug-likeness (QED) is 0.0347. The highest BCUT2D eigenvalue weighted by atomic mass is 32.2. The predicted molar refractivity (Wildman–Crippen MR) is 288 cm³/mol. The standard InChI is InChI=1S/C60H66N4O10S/c1-3-5-7-9-11-13-15-17-18-19-20-21-22-23-24-25-26-27-29-31-33-35-37-43-53(67)62-47(55(68)49(65)40-36-34-32-30-28-16-14-12-10-8-6-4-2)45-73-59-58(71)57(70)56(69)50(74-59)44-61-52(66)42-39-38-41-51-54-48(46-75-51)63-60(72)64-54/h47-51,54-59,65,68-71H,4,6,8,10,12,14,16,28,30,32,34,36,38-42,44-46H2,1-2H3,(H,61,66)(H,62,67)(H2,63,64,72)/t47-,48-,49+,50?,51-,54-,55-,56?,57?,58?,59?/m0/s1. The van der Waals surface area contributed by atoms with Gasteiger partial charge in [0, 0.05) is 65.4 Å². The van der Waals surface area contributed by atoms with Crippen LogP contribution in [0.15, 0.2) is 0 Å². The summed E-state index contributed by atoms with van der Waals surface area (Å²) in [6.07, 6.45) is 5.53. The van der Waals surface area contributed by atoms with E-state index in [0.717, 1.165) is 44.3 Å². The average Bonchev–Trinajstić information content (AvgIpc) is 3.97. The number of fused-ring (bicyclic) bond motifs is 1. The van der Waals surface area contributed by atoms with Crippen molar-refractivity contribution in [2.75, 3.05) is 18.9 Å². The fourth-order valence-corrected chi connectivity index (χ4v) is 9.38. The Kier molecular flexibility index (Phi) is 32.8. The van der Waals surface area contributed by atoms with Gasteiger partial charge >= 0.3 is 6.03 Å². The molecule has 0 saturated carbocycles. The molecule has 3 fully saturated rings. The molecule has 0 bridgehead atoms. The molecule has 9 N–H and O–H groups in total. The molecule has 3 aliphatic rings. The second kappa shape index (κ2) is 39.5. The lowest BCUT2D eigenvalue weighted by Gasteiger charge is -2.41. The van der Waals surface area contributed by atoms with E-state index in [2.05, 4.69) is 170 Å². The minimum Gasteiger partial charge on any atom is -0.390 e. The average molecular weight is 1040 g/mol. The van der Waals surface area contributed by atoms with Crippen molar-refractivity contribution in [3.05, 3.63) is 0 Å². The normalized spacial score (nSPS) is 21.1. The van der Waals surface area contributed by atoms with Crippen molar-refractivity contribution in [2.24, 2.45) is 0 Å². The number of thioether (sulfide) groups is 1. The number of aliphatic hydroxyl groups is 5. The monoisotopic (exact) mass is 1030 g/mol. The molecular formula is C60H66N4O10S. The summed E-state index contributed by atoms with van der Waals surface area (Å²) in [5.74, 6) is 59.2. The predicted octanol–water partition coefficient (Wildman–Crippen LogP) is 2.01. The molecule has 0 aromatic rings. The Bertz CT molecular complexity index is 2690. The molecule has 3 heterocycles. The van der Waals surface area contributed by atoms with Crippen LogP contribution >= 0.6 is 11.8 Å². The Hall–Kier alpha value is -7.00. The summed E-state index contributed by atoms with van der Waals surface area (Å²) in [4.78, 5) is 37.4. The van der Waals surface area contributed by atoms with Crippen LogP contribution in [0, 0.1) is 142 Å². The molecule has 0 aromatic carbocycles. The first-order valence-corrected chi connectivity index (χ1v) is 26.5. The molecular weight excluding hydrogens is 969 g/mol. The van der Waals surface area contributed by atoms with Gasteiger partial charge in [0.05, 0.1) is 30.8 Å². The highest BCUT2D eigenvalue weighted by molar-refractivity contribution is 8.00. The van der Waals surface area contributed by atoms with Gasteiger partial charge in [-0.15, -0.1) is 0 Å². The highest BCUT2D eigenvalue weighted by Gasteiger charge is 2.45. The minimum atomic E-state index is -1.75. The van der Waals surface area contributed by atoms with Gasteiger partial charge < -0.3 is 56.3 Å². The number of ether oxygens (including phenoxy) is 2. The number of hydrogen-bond donors (Lipinski definition) is 9. The fourth-order valence-electron chi connectivity index (χ4n) is 7.84. The summed E-state index contributed by atoms with van der Waals surface area (Å²) >= 11 is 1.80. The number of aliphatic hydroxyl groups excluding tert-OH is 5. The number of hydrogen-bond acceptors (Lipinski definition) is 11. The van der Waals surface area contributed by atoms with Crippen LogP contribution in [0.2, 0.25) is 0 Å². The Morgan fingerprint density at radius 3 is 1.71 bits per heavy atom. The maximum absolute atomic E-state index is 13.0. The summed E-state index contributed by atoms with van der Waals surface area (Å²) in [6.45, 7) is 3.16. The Labute approximate surface area is 448 Å². The van der Waals surface area contributed by atoms with Crippen LogP contribution in [0.5, 0.6) is 0 Å². The first-order chi connectivity index (χ1) is 36.5. The van der Waals surface area contributed by atoms with Crippen LogP contribution in [0.25, 0.3) is 0 Å². The van der Waals surface area contributed by atoms with E-state index in [-0.39, 0.29) is 48.7 Å². The lowest BCUT2D eigenvalue weighted by atomic mass is 9.98. The molecule has 5 unspecified atom stereocenters. The number of rotatable bonds is 26. The Morgan fingerprint density at radius 1 is 0.667 bits per heavy atom. The zero-order valence-corrected chi connectivity index (χ0v) is 43.5. The van der Waals surface area contributed by atoms with Crippen LogP contribution in [0.3, 0.4) is 0 Å². The third-order valence-electron chi connectivity index (χ3n) is 11.8. The third-order valence-corrected chi connectivity index (χ3v) is 13.3. The second-order valence-corrected chi connectivity index (χ2v) is 18.7. The molecule has 0 spiro atoms. The Balaban J connectivity index is 1.53. The third kappa shape index (κ3) is 27.2. The van der Waals surface area contributed by atoms with E-state index in [0.29, 0.717) is 12.8 Å². The van der Waals surface area contributed by atoms with Crippen molar-refractivity contribution in [1.29, 1.82) is 0 Å². The summed E-state index contributed by atoms with van der Waals surface area (Å²) in [6, 6.07) is -1.23. The molecule has 3 saturated heterocycles. The maximum atomic E-state index is 13.0. The van der Waals surface area contributed by atoms with Crippen LogP contribution in [0.4, 0.5) is 4.79 Å². The molecule has 392 valence electrons. The molecule has 15 heteroatoms. The lowest BCUT2D eigenvalue weighted by Crippen LogP contribution is -2.61. The SMILES string of the molecule is CC#CC#CC#CC#CC#CC#CC#CC#CC#CC#CC#CC#CC(=O)N[C@@H](COC1OC(CNC(=O)CCCC[C@@H]2SC[C@@H]3NC(=O)N[C@@H]32)C(O)C(O)C1O)[C@H](O)[C@H](O)CCCCCCCCCCCCCC. The van der Waals surface area contributed by atoms with Crippen LogP contribution in [-0.4, -0.2) is 129 Å². The van der Waals surface area contributed by atoms with Gasteiger partial charge in [0.15, 0.2) is 6.29 Å². The molecule has 3 aliphatic heterocycles.